The second-order valence-electron chi connectivity index (χ2n) is 6.30. The second kappa shape index (κ2) is 10.9. The molecule has 0 atom stereocenters. The van der Waals surface area contributed by atoms with Crippen molar-refractivity contribution in [3.8, 4) is 11.5 Å². The molecule has 0 heterocycles. The fraction of sp³-hybridized carbons (Fsp3) is 0.350. The van der Waals surface area contributed by atoms with Gasteiger partial charge in [0.2, 0.25) is 0 Å². The lowest BCUT2D eigenvalue weighted by Gasteiger charge is -2.21. The van der Waals surface area contributed by atoms with Crippen LogP contribution in [0.1, 0.15) is 17.0 Å². The van der Waals surface area contributed by atoms with Gasteiger partial charge in [0.05, 0.1) is 6.61 Å². The topological polar surface area (TPSA) is 66.0 Å². The summed E-state index contributed by atoms with van der Waals surface area (Å²) >= 11 is 0. The predicted octanol–water partition coefficient (Wildman–Crippen LogP) is 4.99. The molecule has 0 spiro atoms. The normalized spacial score (nSPS) is 11.9. The highest BCUT2D eigenvalue weighted by Crippen LogP contribution is 2.32. The number of benzene rings is 2. The minimum Gasteiger partial charge on any atom is -0.447 e. The van der Waals surface area contributed by atoms with Crippen LogP contribution in [0, 0.1) is 0 Å². The molecule has 12 heteroatoms. The van der Waals surface area contributed by atoms with E-state index < -0.39 is 36.2 Å². The molecule has 0 saturated carbocycles. The van der Waals surface area contributed by atoms with Crippen LogP contribution < -0.4 is 14.8 Å². The lowest BCUT2D eigenvalue weighted by atomic mass is 9.91. The Morgan fingerprint density at radius 2 is 1.38 bits per heavy atom. The summed E-state index contributed by atoms with van der Waals surface area (Å²) in [6.07, 6.45) is -10.7. The third kappa shape index (κ3) is 8.92. The number of halogens is 6. The van der Waals surface area contributed by atoms with Gasteiger partial charge in [0, 0.05) is 19.6 Å². The molecule has 2 aromatic rings. The number of hydrogen-bond acceptors (Lipinski definition) is 5. The van der Waals surface area contributed by atoms with Crippen molar-refractivity contribution in [2.24, 2.45) is 0 Å². The maximum absolute atomic E-state index is 12.6. The summed E-state index contributed by atoms with van der Waals surface area (Å²) in [6, 6.07) is 9.77. The fourth-order valence-corrected chi connectivity index (χ4v) is 2.74. The van der Waals surface area contributed by atoms with Crippen molar-refractivity contribution in [2.45, 2.75) is 18.6 Å². The first-order chi connectivity index (χ1) is 15.0. The number of amides is 1. The average molecular weight is 467 g/mol. The zero-order valence-electron chi connectivity index (χ0n) is 16.6. The lowest BCUT2D eigenvalue weighted by Crippen LogP contribution is -2.30. The molecule has 32 heavy (non-hydrogen) atoms. The first-order valence-corrected chi connectivity index (χ1v) is 9.08. The van der Waals surface area contributed by atoms with Crippen LogP contribution in [0.5, 0.6) is 11.5 Å². The van der Waals surface area contributed by atoms with Crippen LogP contribution in [0.25, 0.3) is 0 Å². The third-order valence-electron chi connectivity index (χ3n) is 3.96. The molecular weight excluding hydrogens is 448 g/mol. The Morgan fingerprint density at radius 1 is 0.875 bits per heavy atom. The maximum Gasteiger partial charge on any atom is 0.573 e. The van der Waals surface area contributed by atoms with E-state index in [-0.39, 0.29) is 30.9 Å². The molecule has 6 nitrogen and oxygen atoms in total. The van der Waals surface area contributed by atoms with Gasteiger partial charge in [0.25, 0.3) is 0 Å². The lowest BCUT2D eigenvalue weighted by molar-refractivity contribution is -0.275. The van der Waals surface area contributed by atoms with Gasteiger partial charge in [-0.2, -0.15) is 0 Å². The Morgan fingerprint density at radius 3 is 1.81 bits per heavy atom. The first kappa shape index (κ1) is 25.1. The molecule has 0 bridgehead atoms. The van der Waals surface area contributed by atoms with E-state index in [2.05, 4.69) is 14.8 Å². The van der Waals surface area contributed by atoms with Crippen molar-refractivity contribution in [2.75, 3.05) is 26.9 Å². The van der Waals surface area contributed by atoms with Crippen molar-refractivity contribution in [1.82, 2.24) is 5.32 Å². The highest BCUT2D eigenvalue weighted by Gasteiger charge is 2.32. The van der Waals surface area contributed by atoms with Gasteiger partial charge in [-0.3, -0.25) is 0 Å². The van der Waals surface area contributed by atoms with Crippen LogP contribution in [-0.2, 0) is 9.47 Å². The van der Waals surface area contributed by atoms with Gasteiger partial charge in [-0.05, 0) is 35.4 Å². The van der Waals surface area contributed by atoms with Crippen LogP contribution in [-0.4, -0.2) is 45.7 Å². The molecular formula is C20H19F6NO5. The van der Waals surface area contributed by atoms with Gasteiger partial charge >= 0.3 is 18.8 Å². The maximum atomic E-state index is 12.6. The van der Waals surface area contributed by atoms with Gasteiger partial charge in [-0.25, -0.2) is 4.79 Å². The second-order valence-corrected chi connectivity index (χ2v) is 6.30. The van der Waals surface area contributed by atoms with Crippen LogP contribution in [0.4, 0.5) is 31.1 Å². The van der Waals surface area contributed by atoms with Crippen molar-refractivity contribution >= 4 is 6.09 Å². The number of nitrogens with one attached hydrogen (secondary N) is 1. The van der Waals surface area contributed by atoms with E-state index in [1.165, 1.54) is 31.4 Å². The highest BCUT2D eigenvalue weighted by molar-refractivity contribution is 5.67. The molecule has 0 aliphatic carbocycles. The number of alkyl halides is 6. The molecule has 0 unspecified atom stereocenters. The van der Waals surface area contributed by atoms with Crippen molar-refractivity contribution in [3.63, 3.8) is 0 Å². The van der Waals surface area contributed by atoms with E-state index >= 15 is 0 Å². The quantitative estimate of drug-likeness (QED) is 0.416. The van der Waals surface area contributed by atoms with Crippen LogP contribution >= 0.6 is 0 Å². The summed E-state index contributed by atoms with van der Waals surface area (Å²) in [5.74, 6) is -1.89. The summed E-state index contributed by atoms with van der Waals surface area (Å²) in [6.45, 7) is -0.0991. The van der Waals surface area contributed by atoms with Crippen LogP contribution in [0.15, 0.2) is 48.5 Å². The Bertz CT molecular complexity index is 828. The van der Waals surface area contributed by atoms with E-state index in [0.717, 1.165) is 24.3 Å². The largest absolute Gasteiger partial charge is 0.573 e. The van der Waals surface area contributed by atoms with Crippen LogP contribution in [0.3, 0.4) is 0 Å². The number of rotatable bonds is 9. The molecule has 0 aliphatic heterocycles. The average Bonchev–Trinajstić information content (AvgIpc) is 2.66. The third-order valence-corrected chi connectivity index (χ3v) is 3.96. The number of methoxy groups -OCH3 is 1. The number of carbonyl (C=O) groups excluding carboxylic acids is 1. The summed E-state index contributed by atoms with van der Waals surface area (Å²) < 4.78 is 92.9. The van der Waals surface area contributed by atoms with Crippen molar-refractivity contribution in [3.05, 3.63) is 59.7 Å². The van der Waals surface area contributed by atoms with E-state index in [1.807, 2.05) is 0 Å². The zero-order chi connectivity index (χ0) is 23.8. The minimum absolute atomic E-state index is 0.0448. The number of alkyl carbamates (subject to hydrolysis) is 1. The van der Waals surface area contributed by atoms with E-state index in [4.69, 9.17) is 9.47 Å². The Labute approximate surface area is 179 Å². The van der Waals surface area contributed by atoms with Gasteiger partial charge in [0.1, 0.15) is 18.1 Å². The van der Waals surface area contributed by atoms with Gasteiger partial charge in [-0.15, -0.1) is 26.3 Å². The molecule has 0 saturated heterocycles. The summed E-state index contributed by atoms with van der Waals surface area (Å²) in [7, 11) is 1.41. The molecule has 1 amide bonds. The minimum atomic E-state index is -4.93. The molecule has 0 radical (unpaired) electrons. The predicted molar refractivity (Wildman–Crippen MR) is 99.3 cm³/mol. The number of ether oxygens (including phenoxy) is 4. The Hall–Kier alpha value is -3.15. The van der Waals surface area contributed by atoms with Crippen molar-refractivity contribution < 1.29 is 50.1 Å². The summed E-state index contributed by atoms with van der Waals surface area (Å²) in [5.41, 5.74) is 0.487. The number of hydrogen-bond donors (Lipinski definition) is 1. The SMILES string of the molecule is COCCOC(=O)NCC(c1cccc(OC(F)(F)F)c1)c1cccc(OC(F)(F)F)c1. The van der Waals surface area contributed by atoms with E-state index in [0.29, 0.717) is 0 Å². The Balaban J connectivity index is 2.31. The standard InChI is InChI=1S/C20H19F6NO5/c1-29-8-9-30-18(28)27-12-17(13-4-2-6-15(10-13)31-19(21,22)23)14-5-3-7-16(11-14)32-20(24,25)26/h2-7,10-11,17H,8-9,12H2,1H3,(H,27,28). The smallest absolute Gasteiger partial charge is 0.447 e. The molecule has 0 fully saturated rings. The van der Waals surface area contributed by atoms with Gasteiger partial charge in [0.15, 0.2) is 0 Å². The Kier molecular flexibility index (Phi) is 8.58. The van der Waals surface area contributed by atoms with E-state index in [1.54, 1.807) is 0 Å². The number of carbonyl (C=O) groups is 1. The molecule has 0 aliphatic rings. The summed E-state index contributed by atoms with van der Waals surface area (Å²) in [5, 5.41) is 2.43. The molecule has 176 valence electrons. The van der Waals surface area contributed by atoms with Crippen molar-refractivity contribution in [1.29, 1.82) is 0 Å². The summed E-state index contributed by atoms with van der Waals surface area (Å²) in [4.78, 5) is 11.9. The molecule has 2 aromatic carbocycles. The zero-order valence-corrected chi connectivity index (χ0v) is 16.6. The monoisotopic (exact) mass is 467 g/mol. The molecule has 1 N–H and O–H groups in total. The fourth-order valence-electron chi connectivity index (χ4n) is 2.74. The molecule has 2 rings (SSSR count). The van der Waals surface area contributed by atoms with Crippen LogP contribution in [0.2, 0.25) is 0 Å². The van der Waals surface area contributed by atoms with E-state index in [9.17, 15) is 31.1 Å². The first-order valence-electron chi connectivity index (χ1n) is 9.08. The highest BCUT2D eigenvalue weighted by atomic mass is 19.4. The van der Waals surface area contributed by atoms with Gasteiger partial charge < -0.3 is 24.3 Å². The molecule has 0 aromatic heterocycles. The van der Waals surface area contributed by atoms with Gasteiger partial charge in [-0.1, -0.05) is 24.3 Å².